The maximum Gasteiger partial charge on any atom is 0.429 e. The van der Waals surface area contributed by atoms with Crippen molar-refractivity contribution in [1.29, 1.82) is 0 Å². The molecule has 0 radical (unpaired) electrons. The van der Waals surface area contributed by atoms with Crippen LogP contribution in [0.5, 0.6) is 23.0 Å². The number of benzene rings is 6. The molecule has 0 aromatic heterocycles. The summed E-state index contributed by atoms with van der Waals surface area (Å²) in [5.41, 5.74) is 2.02. The summed E-state index contributed by atoms with van der Waals surface area (Å²) in [5.74, 6) is -4.47. The lowest BCUT2D eigenvalue weighted by Crippen LogP contribution is -2.38. The van der Waals surface area contributed by atoms with Gasteiger partial charge in [0.2, 0.25) is 12.2 Å². The van der Waals surface area contributed by atoms with Crippen LogP contribution in [0.2, 0.25) is 0 Å². The number of thiocarbonyl (C=S) groups is 2. The minimum absolute atomic E-state index is 0.0148. The molecule has 6 aromatic rings. The molecule has 2 heterocycles. The molecule has 2 saturated heterocycles. The zero-order valence-electron chi connectivity index (χ0n) is 40.0. The second-order valence-electron chi connectivity index (χ2n) is 16.9. The number of hydrogen-bond acceptors (Lipinski definition) is 13. The van der Waals surface area contributed by atoms with Gasteiger partial charge in [0.15, 0.2) is 23.0 Å². The number of alkyl halides is 6. The molecule has 2 amide bonds. The molecule has 6 aromatic carbocycles. The first-order valence-electron chi connectivity index (χ1n) is 23.3. The maximum absolute atomic E-state index is 14.5. The van der Waals surface area contributed by atoms with Crippen molar-refractivity contribution in [1.82, 2.24) is 9.80 Å². The molecule has 2 aliphatic rings. The molecule has 396 valence electrons. The van der Waals surface area contributed by atoms with Crippen LogP contribution in [0.15, 0.2) is 168 Å². The van der Waals surface area contributed by atoms with Crippen LogP contribution >= 0.6 is 48.0 Å². The molecule has 2 fully saturated rings. The first kappa shape index (κ1) is 55.8. The normalized spacial score (nSPS) is 15.7. The van der Waals surface area contributed by atoms with Gasteiger partial charge in [-0.05, 0) is 58.7 Å². The first-order chi connectivity index (χ1) is 36.9. The number of esters is 2. The molecule has 11 nitrogen and oxygen atoms in total. The van der Waals surface area contributed by atoms with Crippen molar-refractivity contribution in [2.75, 3.05) is 26.3 Å². The molecule has 0 bridgehead atoms. The van der Waals surface area contributed by atoms with Gasteiger partial charge in [0.25, 0.3) is 11.8 Å². The number of halogens is 6. The molecule has 2 aliphatic heterocycles. The third-order valence-electron chi connectivity index (χ3n) is 11.4. The zero-order chi connectivity index (χ0) is 54.7. The van der Waals surface area contributed by atoms with Crippen molar-refractivity contribution >= 4 is 92.5 Å². The second-order valence-corrected chi connectivity index (χ2v) is 20.2. The van der Waals surface area contributed by atoms with Gasteiger partial charge in [0.05, 0.1) is 23.0 Å². The molecule has 77 heavy (non-hydrogen) atoms. The Kier molecular flexibility index (Phi) is 18.2. The van der Waals surface area contributed by atoms with Crippen molar-refractivity contribution in [3.63, 3.8) is 0 Å². The Morgan fingerprint density at radius 2 is 0.857 bits per heavy atom. The van der Waals surface area contributed by atoms with E-state index in [0.717, 1.165) is 44.5 Å². The number of amides is 2. The second kappa shape index (κ2) is 25.1. The van der Waals surface area contributed by atoms with E-state index in [4.69, 9.17) is 48.1 Å². The highest BCUT2D eigenvalue weighted by atomic mass is 32.2. The Hall–Kier alpha value is -7.46. The van der Waals surface area contributed by atoms with Gasteiger partial charge in [-0.25, -0.2) is 9.59 Å². The van der Waals surface area contributed by atoms with Gasteiger partial charge < -0.3 is 23.7 Å². The van der Waals surface area contributed by atoms with Gasteiger partial charge in [-0.1, -0.05) is 181 Å². The Morgan fingerprint density at radius 3 is 1.21 bits per heavy atom. The summed E-state index contributed by atoms with van der Waals surface area (Å²) in [4.78, 5) is 55.2. The number of thioether (sulfide) groups is 2. The highest BCUT2D eigenvalue weighted by Crippen LogP contribution is 2.43. The summed E-state index contributed by atoms with van der Waals surface area (Å²) in [5, 5.41) is 0. The SMILES string of the molecule is O=C(CN1C(=O)C(=Cc2ccc(OCCc3ccccc3)c(O[C@H](c3ccccc3)C(F)(F)F)c2)SC1=S)OC(=O)CN1C(=O)C(=Cc2ccc(OCCc3ccccc3)c(O[C@@H](c3ccccc3)C(F)(F)F)c2)SC1=S. The highest BCUT2D eigenvalue weighted by molar-refractivity contribution is 8.27. The summed E-state index contributed by atoms with van der Waals surface area (Å²) in [6, 6.07) is 41.1. The van der Waals surface area contributed by atoms with Gasteiger partial charge in [-0.2, -0.15) is 26.3 Å². The molecule has 8 rings (SSSR count). The van der Waals surface area contributed by atoms with E-state index in [1.807, 2.05) is 60.7 Å². The number of carbonyl (C=O) groups is 4. The van der Waals surface area contributed by atoms with E-state index in [1.54, 1.807) is 12.1 Å². The average Bonchev–Trinajstić information content (AvgIpc) is 3.83. The smallest absolute Gasteiger partial charge is 0.429 e. The Balaban J connectivity index is 0.919. The number of carbonyl (C=O) groups excluding carboxylic acids is 4. The molecule has 21 heteroatoms. The van der Waals surface area contributed by atoms with Crippen LogP contribution in [0.1, 0.15) is 45.6 Å². The molecular weight excluding hydrogens is 1090 g/mol. The van der Waals surface area contributed by atoms with Crippen LogP contribution in [-0.4, -0.2) is 80.8 Å². The summed E-state index contributed by atoms with van der Waals surface area (Å²) >= 11 is 12.3. The van der Waals surface area contributed by atoms with Gasteiger partial charge in [0.1, 0.15) is 21.7 Å². The van der Waals surface area contributed by atoms with Gasteiger partial charge >= 0.3 is 24.3 Å². The quantitative estimate of drug-likeness (QED) is 0.0237. The van der Waals surface area contributed by atoms with E-state index in [9.17, 15) is 45.5 Å². The van der Waals surface area contributed by atoms with E-state index >= 15 is 0 Å². The Bertz CT molecular complexity index is 2990. The first-order valence-corrected chi connectivity index (χ1v) is 25.8. The number of hydrogen-bond donors (Lipinski definition) is 0. The third-order valence-corrected chi connectivity index (χ3v) is 14.1. The largest absolute Gasteiger partial charge is 0.489 e. The van der Waals surface area contributed by atoms with E-state index in [-0.39, 0.29) is 76.9 Å². The highest BCUT2D eigenvalue weighted by Gasteiger charge is 2.45. The molecule has 0 spiro atoms. The van der Waals surface area contributed by atoms with Crippen LogP contribution in [0.4, 0.5) is 26.3 Å². The minimum atomic E-state index is -4.83. The predicted molar refractivity (Wildman–Crippen MR) is 287 cm³/mol. The fraction of sp³-hybridized carbons (Fsp3) is 0.179. The van der Waals surface area contributed by atoms with Crippen molar-refractivity contribution < 1.29 is 69.2 Å². The van der Waals surface area contributed by atoms with E-state index < -0.39 is 61.4 Å². The number of nitrogens with zero attached hydrogens (tertiary/aromatic N) is 2. The summed E-state index contributed by atoms with van der Waals surface area (Å²) in [6.07, 6.45) is -10.8. The number of ether oxygens (including phenoxy) is 5. The molecular formula is C56H42F6N2O9S4. The van der Waals surface area contributed by atoms with Crippen molar-refractivity contribution in [3.05, 3.63) is 201 Å². The van der Waals surface area contributed by atoms with Gasteiger partial charge in [-0.15, -0.1) is 0 Å². The fourth-order valence-corrected chi connectivity index (χ4v) is 10.2. The van der Waals surface area contributed by atoms with Crippen LogP contribution < -0.4 is 18.9 Å². The van der Waals surface area contributed by atoms with E-state index in [1.165, 1.54) is 97.1 Å². The predicted octanol–water partition coefficient (Wildman–Crippen LogP) is 12.5. The molecule has 2 atom stereocenters. The van der Waals surface area contributed by atoms with Gasteiger partial charge in [0, 0.05) is 24.0 Å². The van der Waals surface area contributed by atoms with Crippen molar-refractivity contribution in [2.45, 2.75) is 37.4 Å². The topological polar surface area (TPSA) is 121 Å². The fourth-order valence-electron chi connectivity index (χ4n) is 7.68. The summed E-state index contributed by atoms with van der Waals surface area (Å²) in [7, 11) is 0. The molecule has 0 unspecified atom stereocenters. The van der Waals surface area contributed by atoms with E-state index in [0.29, 0.717) is 12.8 Å². The van der Waals surface area contributed by atoms with E-state index in [2.05, 4.69) is 0 Å². The van der Waals surface area contributed by atoms with Crippen LogP contribution in [-0.2, 0) is 36.8 Å². The molecule has 0 N–H and O–H groups in total. The Morgan fingerprint density at radius 1 is 0.506 bits per heavy atom. The monoisotopic (exact) mass is 1130 g/mol. The maximum atomic E-state index is 14.5. The van der Waals surface area contributed by atoms with Gasteiger partial charge in [-0.3, -0.25) is 19.4 Å². The third kappa shape index (κ3) is 14.9. The van der Waals surface area contributed by atoms with Crippen molar-refractivity contribution in [2.24, 2.45) is 0 Å². The number of rotatable bonds is 20. The minimum Gasteiger partial charge on any atom is -0.489 e. The Labute approximate surface area is 456 Å². The van der Waals surface area contributed by atoms with Crippen LogP contribution in [0.3, 0.4) is 0 Å². The lowest BCUT2D eigenvalue weighted by molar-refractivity contribution is -0.198. The lowest BCUT2D eigenvalue weighted by Gasteiger charge is -2.24. The molecule has 0 saturated carbocycles. The standard InChI is InChI=1S/C56H42F6N2O9S4/c57-55(58,59)49(39-17-9-3-10-18-39)71-43-29-37(21-23-41(43)69-27-25-35-13-5-1-6-14-35)31-45-51(67)63(53(74)76-45)33-47(65)73-48(66)34-64-52(68)46(77-54(64)75)32-38-22-24-42(70-28-26-36-15-7-2-8-16-36)44(30-38)72-50(56(60,61)62)40-19-11-4-12-20-40/h1-24,29-32,49-50H,25-28,33-34H2/t49-,50+. The zero-order valence-corrected chi connectivity index (χ0v) is 43.3. The van der Waals surface area contributed by atoms with Crippen LogP contribution in [0.25, 0.3) is 12.2 Å². The average molecular weight is 1130 g/mol. The van der Waals surface area contributed by atoms with Crippen molar-refractivity contribution in [3.8, 4) is 23.0 Å². The van der Waals surface area contributed by atoms with Crippen LogP contribution in [0, 0.1) is 0 Å². The summed E-state index contributed by atoms with van der Waals surface area (Å²) < 4.78 is 115. The molecule has 0 aliphatic carbocycles. The summed E-state index contributed by atoms with van der Waals surface area (Å²) in [6.45, 7) is -1.44. The lowest BCUT2D eigenvalue weighted by atomic mass is 10.1.